The molecule has 0 aliphatic rings. The summed E-state index contributed by atoms with van der Waals surface area (Å²) >= 11 is 5.83. The number of H-pyrrole nitrogens is 1. The number of hydrogen-bond donors (Lipinski definition) is 2. The largest absolute Gasteiger partial charge is 0.319 e. The number of aromatic nitrogens is 4. The molecule has 2 heterocycles. The number of anilines is 1. The van der Waals surface area contributed by atoms with E-state index in [-0.39, 0.29) is 11.5 Å². The quantitative estimate of drug-likeness (QED) is 0.543. The molecule has 1 amide bonds. The van der Waals surface area contributed by atoms with Crippen LogP contribution in [0.4, 0.5) is 11.5 Å². The highest BCUT2D eigenvalue weighted by Crippen LogP contribution is 2.16. The summed E-state index contributed by atoms with van der Waals surface area (Å²) in [6.45, 7) is 0.497. The van der Waals surface area contributed by atoms with Crippen molar-refractivity contribution >= 4 is 29.0 Å². The van der Waals surface area contributed by atoms with E-state index in [0.717, 1.165) is 11.8 Å². The first-order chi connectivity index (χ1) is 11.5. The second kappa shape index (κ2) is 6.50. The molecule has 2 aromatic heterocycles. The molecule has 3 aromatic rings. The molecule has 3 rings (SSSR count). The summed E-state index contributed by atoms with van der Waals surface area (Å²) in [4.78, 5) is 22.2. The zero-order valence-electron chi connectivity index (χ0n) is 12.1. The number of halogens is 1. The Bertz CT molecular complexity index is 886. The van der Waals surface area contributed by atoms with Crippen molar-refractivity contribution < 1.29 is 9.72 Å². The van der Waals surface area contributed by atoms with Gasteiger partial charge in [0.05, 0.1) is 11.5 Å². The Kier molecular flexibility index (Phi) is 4.25. The third-order valence-electron chi connectivity index (χ3n) is 3.18. The third kappa shape index (κ3) is 3.41. The van der Waals surface area contributed by atoms with Crippen LogP contribution in [0, 0.1) is 10.1 Å². The Balaban J connectivity index is 1.69. The standard InChI is InChI=1S/C14H11ClN6O3/c15-10-3-1-9(2-4-10)8-20-6-5-12(19-20)17-14(22)13-11(21(23)24)7-16-18-13/h1-7H,8H2,(H,16,18)(H,17,19,22). The molecule has 0 radical (unpaired) electrons. The second-order valence-electron chi connectivity index (χ2n) is 4.87. The van der Waals surface area contributed by atoms with Crippen molar-refractivity contribution in [3.8, 4) is 0 Å². The van der Waals surface area contributed by atoms with Crippen molar-refractivity contribution in [2.45, 2.75) is 6.54 Å². The number of hydrogen-bond acceptors (Lipinski definition) is 5. The van der Waals surface area contributed by atoms with Crippen LogP contribution in [0.25, 0.3) is 0 Å². The monoisotopic (exact) mass is 346 g/mol. The zero-order chi connectivity index (χ0) is 17.1. The fraction of sp³-hybridized carbons (Fsp3) is 0.0714. The molecule has 1 aromatic carbocycles. The summed E-state index contributed by atoms with van der Waals surface area (Å²) < 4.78 is 1.63. The van der Waals surface area contributed by atoms with E-state index >= 15 is 0 Å². The van der Waals surface area contributed by atoms with E-state index in [1.807, 2.05) is 12.1 Å². The van der Waals surface area contributed by atoms with Crippen LogP contribution in [-0.2, 0) is 6.54 Å². The Morgan fingerprint density at radius 3 is 2.79 bits per heavy atom. The van der Waals surface area contributed by atoms with Crippen LogP contribution in [0.1, 0.15) is 16.1 Å². The first-order valence-electron chi connectivity index (χ1n) is 6.80. The predicted molar refractivity (Wildman–Crippen MR) is 86.0 cm³/mol. The van der Waals surface area contributed by atoms with Gasteiger partial charge < -0.3 is 5.32 Å². The number of nitrogens with zero attached hydrogens (tertiary/aromatic N) is 4. The summed E-state index contributed by atoms with van der Waals surface area (Å²) in [5.74, 6) is -0.409. The number of benzene rings is 1. The number of rotatable bonds is 5. The molecular formula is C14H11ClN6O3. The molecule has 0 atom stereocenters. The van der Waals surface area contributed by atoms with Crippen LogP contribution in [0.2, 0.25) is 5.02 Å². The van der Waals surface area contributed by atoms with Gasteiger partial charge >= 0.3 is 5.69 Å². The number of aromatic amines is 1. The van der Waals surface area contributed by atoms with Gasteiger partial charge in [-0.15, -0.1) is 0 Å². The molecule has 0 fully saturated rings. The van der Waals surface area contributed by atoms with Gasteiger partial charge in [0.2, 0.25) is 5.69 Å². The van der Waals surface area contributed by atoms with Crippen LogP contribution in [0.15, 0.2) is 42.7 Å². The third-order valence-corrected chi connectivity index (χ3v) is 3.44. The maximum Gasteiger partial charge on any atom is 0.319 e. The van der Waals surface area contributed by atoms with Crippen LogP contribution >= 0.6 is 11.6 Å². The Hall–Kier alpha value is -3.20. The van der Waals surface area contributed by atoms with Crippen molar-refractivity contribution in [3.05, 3.63) is 69.1 Å². The second-order valence-corrected chi connectivity index (χ2v) is 5.30. The van der Waals surface area contributed by atoms with Crippen molar-refractivity contribution in [2.75, 3.05) is 5.32 Å². The molecule has 0 aliphatic carbocycles. The molecule has 9 nitrogen and oxygen atoms in total. The normalized spacial score (nSPS) is 10.5. The van der Waals surface area contributed by atoms with E-state index in [1.165, 1.54) is 0 Å². The zero-order valence-corrected chi connectivity index (χ0v) is 12.9. The molecule has 0 saturated carbocycles. The molecule has 0 bridgehead atoms. The number of amides is 1. The minimum atomic E-state index is -0.684. The van der Waals surface area contributed by atoms with Gasteiger partial charge in [0.15, 0.2) is 5.82 Å². The lowest BCUT2D eigenvalue weighted by atomic mass is 10.2. The van der Waals surface area contributed by atoms with Crippen LogP contribution in [-0.4, -0.2) is 30.8 Å². The fourth-order valence-corrected chi connectivity index (χ4v) is 2.18. The average molecular weight is 347 g/mol. The summed E-state index contributed by atoms with van der Waals surface area (Å²) in [6.07, 6.45) is 2.67. The van der Waals surface area contributed by atoms with Crippen molar-refractivity contribution in [2.24, 2.45) is 0 Å². The van der Waals surface area contributed by atoms with Crippen molar-refractivity contribution in [3.63, 3.8) is 0 Å². The first-order valence-corrected chi connectivity index (χ1v) is 7.18. The maximum atomic E-state index is 12.1. The molecule has 122 valence electrons. The Morgan fingerprint density at radius 2 is 2.08 bits per heavy atom. The van der Waals surface area contributed by atoms with Crippen molar-refractivity contribution in [1.29, 1.82) is 0 Å². The van der Waals surface area contributed by atoms with E-state index in [1.54, 1.807) is 29.1 Å². The first kappa shape index (κ1) is 15.7. The lowest BCUT2D eigenvalue weighted by molar-refractivity contribution is -0.385. The summed E-state index contributed by atoms with van der Waals surface area (Å²) in [6, 6.07) is 8.89. The van der Waals surface area contributed by atoms with Gasteiger partial charge in [-0.2, -0.15) is 10.2 Å². The summed E-state index contributed by atoms with van der Waals surface area (Å²) in [5, 5.41) is 24.0. The molecule has 0 aliphatic heterocycles. The highest BCUT2D eigenvalue weighted by molar-refractivity contribution is 6.30. The lowest BCUT2D eigenvalue weighted by Gasteiger charge is -2.02. The van der Waals surface area contributed by atoms with Crippen molar-refractivity contribution in [1.82, 2.24) is 20.0 Å². The molecular weight excluding hydrogens is 336 g/mol. The van der Waals surface area contributed by atoms with Crippen LogP contribution in [0.3, 0.4) is 0 Å². The van der Waals surface area contributed by atoms with Gasteiger partial charge in [0.25, 0.3) is 5.91 Å². The maximum absolute atomic E-state index is 12.1. The van der Waals surface area contributed by atoms with Gasteiger partial charge in [0, 0.05) is 17.3 Å². The Labute approximate surface area is 140 Å². The number of nitro groups is 1. The highest BCUT2D eigenvalue weighted by Gasteiger charge is 2.23. The van der Waals surface area contributed by atoms with E-state index in [0.29, 0.717) is 11.6 Å². The number of carbonyl (C=O) groups is 1. The van der Waals surface area contributed by atoms with E-state index in [2.05, 4.69) is 20.6 Å². The SMILES string of the molecule is O=C(Nc1ccn(Cc2ccc(Cl)cc2)n1)c1[nH]ncc1[N+](=O)[O-]. The van der Waals surface area contributed by atoms with E-state index in [4.69, 9.17) is 11.6 Å². The fourth-order valence-electron chi connectivity index (χ4n) is 2.06. The minimum absolute atomic E-state index is 0.229. The van der Waals surface area contributed by atoms with Gasteiger partial charge in [-0.25, -0.2) is 0 Å². The molecule has 24 heavy (non-hydrogen) atoms. The van der Waals surface area contributed by atoms with Gasteiger partial charge in [-0.3, -0.25) is 24.7 Å². The molecule has 0 spiro atoms. The average Bonchev–Trinajstić information content (AvgIpc) is 3.19. The molecule has 0 unspecified atom stereocenters. The molecule has 0 saturated heterocycles. The Morgan fingerprint density at radius 1 is 1.33 bits per heavy atom. The smallest absolute Gasteiger partial charge is 0.304 e. The molecule has 2 N–H and O–H groups in total. The predicted octanol–water partition coefficient (Wildman–Crippen LogP) is 2.47. The summed E-state index contributed by atoms with van der Waals surface area (Å²) in [7, 11) is 0. The summed E-state index contributed by atoms with van der Waals surface area (Å²) in [5.41, 5.74) is 0.366. The topological polar surface area (TPSA) is 119 Å². The van der Waals surface area contributed by atoms with Crippen LogP contribution in [0.5, 0.6) is 0 Å². The lowest BCUT2D eigenvalue weighted by Crippen LogP contribution is -2.15. The highest BCUT2D eigenvalue weighted by atomic mass is 35.5. The van der Waals surface area contributed by atoms with Gasteiger partial charge in [0.1, 0.15) is 6.20 Å². The van der Waals surface area contributed by atoms with Gasteiger partial charge in [-0.05, 0) is 17.7 Å². The molecule has 10 heteroatoms. The minimum Gasteiger partial charge on any atom is -0.304 e. The van der Waals surface area contributed by atoms with E-state index in [9.17, 15) is 14.9 Å². The number of nitrogens with one attached hydrogen (secondary N) is 2. The van der Waals surface area contributed by atoms with E-state index < -0.39 is 16.5 Å². The number of carbonyl (C=O) groups excluding carboxylic acids is 1. The van der Waals surface area contributed by atoms with Gasteiger partial charge in [-0.1, -0.05) is 23.7 Å². The van der Waals surface area contributed by atoms with Crippen LogP contribution < -0.4 is 5.32 Å².